The van der Waals surface area contributed by atoms with Crippen LogP contribution in [0.25, 0.3) is 10.9 Å². The van der Waals surface area contributed by atoms with Crippen molar-refractivity contribution in [3.63, 3.8) is 0 Å². The van der Waals surface area contributed by atoms with Crippen LogP contribution in [-0.2, 0) is 6.54 Å². The van der Waals surface area contributed by atoms with E-state index < -0.39 is 5.91 Å². The van der Waals surface area contributed by atoms with Gasteiger partial charge in [0, 0.05) is 5.56 Å². The zero-order valence-electron chi connectivity index (χ0n) is 18.2. The number of carbonyl (C=O) groups is 1. The van der Waals surface area contributed by atoms with Crippen LogP contribution in [0.5, 0.6) is 11.5 Å². The number of hydrazone groups is 1. The monoisotopic (exact) mass is 442 g/mol. The van der Waals surface area contributed by atoms with Gasteiger partial charge in [-0.05, 0) is 35.9 Å². The van der Waals surface area contributed by atoms with Gasteiger partial charge in [0.05, 0.1) is 37.9 Å². The molecule has 0 radical (unpaired) electrons. The summed E-state index contributed by atoms with van der Waals surface area (Å²) in [5.41, 5.74) is 4.10. The lowest BCUT2D eigenvalue weighted by Crippen LogP contribution is -2.32. The Morgan fingerprint density at radius 3 is 2.55 bits per heavy atom. The number of ether oxygens (including phenoxy) is 2. The molecule has 0 aliphatic heterocycles. The molecule has 3 aromatic carbocycles. The van der Waals surface area contributed by atoms with Gasteiger partial charge in [0.1, 0.15) is 11.5 Å². The third-order valence-electron chi connectivity index (χ3n) is 5.05. The second-order valence-corrected chi connectivity index (χ2v) is 7.14. The highest BCUT2D eigenvalue weighted by Crippen LogP contribution is 2.22. The van der Waals surface area contributed by atoms with Crippen molar-refractivity contribution in [3.8, 4) is 11.5 Å². The van der Waals surface area contributed by atoms with E-state index in [4.69, 9.17) is 9.47 Å². The maximum atomic E-state index is 13.2. The van der Waals surface area contributed by atoms with Gasteiger partial charge in [0.15, 0.2) is 0 Å². The third kappa shape index (κ3) is 4.74. The minimum Gasteiger partial charge on any atom is -0.497 e. The van der Waals surface area contributed by atoms with Gasteiger partial charge in [-0.15, -0.1) is 0 Å². The standard InChI is InChI=1S/C25H22N4O4/c1-32-19-12-13-22(33-2)18(14-19)15-26-28-24(30)23-27-21-11-7-6-10-20(21)25(31)29(23)16-17-8-4-3-5-9-17/h3-15H,16H2,1-2H3,(H,28,30)/b26-15-. The molecule has 0 unspecified atom stereocenters. The van der Waals surface area contributed by atoms with Crippen LogP contribution in [0.3, 0.4) is 0 Å². The molecule has 4 rings (SSSR count). The van der Waals surface area contributed by atoms with Gasteiger partial charge in [-0.3, -0.25) is 14.2 Å². The molecule has 8 nitrogen and oxygen atoms in total. The number of amides is 1. The number of fused-ring (bicyclic) bond motifs is 1. The van der Waals surface area contributed by atoms with Crippen molar-refractivity contribution in [2.24, 2.45) is 5.10 Å². The Morgan fingerprint density at radius 2 is 1.79 bits per heavy atom. The lowest BCUT2D eigenvalue weighted by molar-refractivity contribution is 0.0939. The number of nitrogens with zero attached hydrogens (tertiary/aromatic N) is 3. The van der Waals surface area contributed by atoms with Gasteiger partial charge in [0.2, 0.25) is 5.82 Å². The van der Waals surface area contributed by atoms with Gasteiger partial charge < -0.3 is 9.47 Å². The van der Waals surface area contributed by atoms with Crippen LogP contribution >= 0.6 is 0 Å². The second kappa shape index (κ2) is 9.78. The van der Waals surface area contributed by atoms with E-state index in [1.807, 2.05) is 30.3 Å². The Labute approximate surface area is 190 Å². The molecule has 1 N–H and O–H groups in total. The fourth-order valence-corrected chi connectivity index (χ4v) is 3.40. The largest absolute Gasteiger partial charge is 0.497 e. The summed E-state index contributed by atoms with van der Waals surface area (Å²) in [7, 11) is 3.10. The Kier molecular flexibility index (Phi) is 6.45. The first-order valence-corrected chi connectivity index (χ1v) is 10.2. The normalized spacial score (nSPS) is 11.0. The number of rotatable bonds is 7. The van der Waals surface area contributed by atoms with Crippen LogP contribution in [0.1, 0.15) is 21.7 Å². The molecule has 0 spiro atoms. The minimum absolute atomic E-state index is 0.0303. The number of benzene rings is 3. The lowest BCUT2D eigenvalue weighted by atomic mass is 10.2. The van der Waals surface area contributed by atoms with Crippen LogP contribution in [0.4, 0.5) is 0 Å². The maximum absolute atomic E-state index is 13.2. The first-order chi connectivity index (χ1) is 16.1. The Balaban J connectivity index is 1.68. The first kappa shape index (κ1) is 21.8. The predicted octanol–water partition coefficient (Wildman–Crippen LogP) is 3.23. The van der Waals surface area contributed by atoms with Crippen LogP contribution in [0, 0.1) is 0 Å². The molecule has 8 heteroatoms. The molecular formula is C25H22N4O4. The smallest absolute Gasteiger partial charge is 0.307 e. The molecule has 0 aliphatic carbocycles. The molecule has 33 heavy (non-hydrogen) atoms. The van der Waals surface area contributed by atoms with Crippen molar-refractivity contribution in [1.29, 1.82) is 0 Å². The van der Waals surface area contributed by atoms with Gasteiger partial charge in [-0.2, -0.15) is 5.10 Å². The number of nitrogens with one attached hydrogen (secondary N) is 1. The molecule has 1 aromatic heterocycles. The summed E-state index contributed by atoms with van der Waals surface area (Å²) in [6, 6.07) is 21.6. The predicted molar refractivity (Wildman–Crippen MR) is 126 cm³/mol. The Morgan fingerprint density at radius 1 is 1.03 bits per heavy atom. The van der Waals surface area contributed by atoms with Crippen molar-refractivity contribution in [3.05, 3.63) is 100 Å². The van der Waals surface area contributed by atoms with E-state index in [1.165, 1.54) is 10.8 Å². The molecule has 4 aromatic rings. The van der Waals surface area contributed by atoms with E-state index in [0.29, 0.717) is 28.0 Å². The van der Waals surface area contributed by atoms with E-state index in [-0.39, 0.29) is 17.9 Å². The Bertz CT molecular complexity index is 1380. The molecule has 0 aliphatic rings. The number of para-hydroxylation sites is 1. The van der Waals surface area contributed by atoms with Crippen molar-refractivity contribution in [2.45, 2.75) is 6.54 Å². The van der Waals surface area contributed by atoms with Crippen molar-refractivity contribution < 1.29 is 14.3 Å². The summed E-state index contributed by atoms with van der Waals surface area (Å²) in [6.07, 6.45) is 1.44. The van der Waals surface area contributed by atoms with Crippen molar-refractivity contribution >= 4 is 23.0 Å². The highest BCUT2D eigenvalue weighted by Gasteiger charge is 2.17. The molecule has 0 fully saturated rings. The average molecular weight is 442 g/mol. The Hall–Kier alpha value is -4.46. The van der Waals surface area contributed by atoms with Crippen LogP contribution in [0.2, 0.25) is 0 Å². The summed E-state index contributed by atoms with van der Waals surface area (Å²) in [4.78, 5) is 30.6. The highest BCUT2D eigenvalue weighted by molar-refractivity contribution is 5.94. The molecule has 0 atom stereocenters. The van der Waals surface area contributed by atoms with Crippen molar-refractivity contribution in [2.75, 3.05) is 14.2 Å². The van der Waals surface area contributed by atoms with E-state index in [9.17, 15) is 9.59 Å². The highest BCUT2D eigenvalue weighted by atomic mass is 16.5. The molecular weight excluding hydrogens is 420 g/mol. The second-order valence-electron chi connectivity index (χ2n) is 7.14. The fraction of sp³-hybridized carbons (Fsp3) is 0.120. The number of methoxy groups -OCH3 is 2. The fourth-order valence-electron chi connectivity index (χ4n) is 3.40. The zero-order chi connectivity index (χ0) is 23.2. The zero-order valence-corrected chi connectivity index (χ0v) is 18.2. The van der Waals surface area contributed by atoms with Crippen LogP contribution in [0.15, 0.2) is 82.7 Å². The van der Waals surface area contributed by atoms with E-state index in [2.05, 4.69) is 15.5 Å². The summed E-state index contributed by atoms with van der Waals surface area (Å²) in [5, 5.41) is 4.48. The topological polar surface area (TPSA) is 94.8 Å². The summed E-state index contributed by atoms with van der Waals surface area (Å²) < 4.78 is 11.9. The first-order valence-electron chi connectivity index (χ1n) is 10.2. The SMILES string of the molecule is COc1ccc(OC)c(/C=N\NC(=O)c2nc3ccccc3c(=O)n2Cc2ccccc2)c1. The molecule has 0 saturated carbocycles. The molecule has 0 bridgehead atoms. The summed E-state index contributed by atoms with van der Waals surface area (Å²) in [6.45, 7) is 0.202. The molecule has 166 valence electrons. The molecule has 1 amide bonds. The van der Waals surface area contributed by atoms with E-state index >= 15 is 0 Å². The third-order valence-corrected chi connectivity index (χ3v) is 5.05. The van der Waals surface area contributed by atoms with Gasteiger partial charge in [0.25, 0.3) is 5.56 Å². The van der Waals surface area contributed by atoms with Crippen molar-refractivity contribution in [1.82, 2.24) is 15.0 Å². The number of aromatic nitrogens is 2. The van der Waals surface area contributed by atoms with E-state index in [0.717, 1.165) is 5.56 Å². The minimum atomic E-state index is -0.605. The average Bonchev–Trinajstić information content (AvgIpc) is 2.86. The molecule has 0 saturated heterocycles. The lowest BCUT2D eigenvalue weighted by Gasteiger charge is -2.12. The van der Waals surface area contributed by atoms with Gasteiger partial charge in [-0.25, -0.2) is 10.4 Å². The van der Waals surface area contributed by atoms with E-state index in [1.54, 1.807) is 56.7 Å². The summed E-state index contributed by atoms with van der Waals surface area (Å²) >= 11 is 0. The van der Waals surface area contributed by atoms with Gasteiger partial charge >= 0.3 is 5.91 Å². The number of carbonyl (C=O) groups excluding carboxylic acids is 1. The van der Waals surface area contributed by atoms with Gasteiger partial charge in [-0.1, -0.05) is 42.5 Å². The quantitative estimate of drug-likeness (QED) is 0.350. The molecule has 1 heterocycles. The summed E-state index contributed by atoms with van der Waals surface area (Å²) in [5.74, 6) is 0.555. The van der Waals surface area contributed by atoms with Crippen LogP contribution < -0.4 is 20.5 Å². The van der Waals surface area contributed by atoms with Crippen LogP contribution in [-0.4, -0.2) is 35.9 Å². The maximum Gasteiger partial charge on any atom is 0.307 e. The number of hydrogen-bond acceptors (Lipinski definition) is 6. The number of hydrogen-bond donors (Lipinski definition) is 1.